The molecule has 0 aromatic heterocycles. The second kappa shape index (κ2) is 6.69. The highest BCUT2D eigenvalue weighted by Crippen LogP contribution is 2.25. The third-order valence-electron chi connectivity index (χ3n) is 3.47. The molecule has 0 bridgehead atoms. The largest absolute Gasteiger partial charge is 0.435 e. The highest BCUT2D eigenvalue weighted by Gasteiger charge is 2.14. The number of nitrogens with one attached hydrogen (secondary N) is 1. The minimum Gasteiger partial charge on any atom is -0.435 e. The van der Waals surface area contributed by atoms with Crippen molar-refractivity contribution in [2.75, 3.05) is 13.1 Å². The molecule has 0 amide bonds. The molecule has 0 aliphatic carbocycles. The van der Waals surface area contributed by atoms with Crippen LogP contribution in [0.25, 0.3) is 0 Å². The molecule has 0 atom stereocenters. The van der Waals surface area contributed by atoms with Gasteiger partial charge in [-0.05, 0) is 56.3 Å². The summed E-state index contributed by atoms with van der Waals surface area (Å²) in [5, 5.41) is 3.33. The fraction of sp³-hybridized carbons (Fsp3) is 0.571. The lowest BCUT2D eigenvalue weighted by Crippen LogP contribution is -2.27. The van der Waals surface area contributed by atoms with Crippen LogP contribution in [0.15, 0.2) is 24.3 Å². The molecule has 18 heavy (non-hydrogen) atoms. The number of alkyl halides is 2. The summed E-state index contributed by atoms with van der Waals surface area (Å²) in [6, 6.07) is 7.09. The van der Waals surface area contributed by atoms with Crippen LogP contribution >= 0.6 is 0 Å². The second-order valence-electron chi connectivity index (χ2n) is 4.72. The van der Waals surface area contributed by atoms with E-state index in [1.165, 1.54) is 12.8 Å². The van der Waals surface area contributed by atoms with Gasteiger partial charge in [-0.25, -0.2) is 0 Å². The molecule has 0 spiro atoms. The number of para-hydroxylation sites is 1. The van der Waals surface area contributed by atoms with Crippen molar-refractivity contribution in [2.24, 2.45) is 5.92 Å². The van der Waals surface area contributed by atoms with Gasteiger partial charge in [-0.15, -0.1) is 0 Å². The molecule has 4 heteroatoms. The Hall–Kier alpha value is -1.16. The van der Waals surface area contributed by atoms with E-state index in [9.17, 15) is 8.78 Å². The molecule has 1 aliphatic heterocycles. The molecule has 0 radical (unpaired) electrons. The van der Waals surface area contributed by atoms with E-state index in [1.54, 1.807) is 12.1 Å². The first-order valence-corrected chi connectivity index (χ1v) is 6.49. The Morgan fingerprint density at radius 2 is 1.94 bits per heavy atom. The minimum absolute atomic E-state index is 0.321. The SMILES string of the molecule is FC(F)Oc1ccccc1CCC1CCNCC1. The van der Waals surface area contributed by atoms with Crippen LogP contribution in [0.4, 0.5) is 8.78 Å². The predicted molar refractivity (Wildman–Crippen MR) is 67.0 cm³/mol. The molecule has 2 nitrogen and oxygen atoms in total. The fourth-order valence-corrected chi connectivity index (χ4v) is 2.45. The first-order valence-electron chi connectivity index (χ1n) is 6.49. The summed E-state index contributed by atoms with van der Waals surface area (Å²) >= 11 is 0. The summed E-state index contributed by atoms with van der Waals surface area (Å²) in [4.78, 5) is 0. The van der Waals surface area contributed by atoms with Gasteiger partial charge in [-0.2, -0.15) is 8.78 Å². The third kappa shape index (κ3) is 3.95. The molecule has 1 saturated heterocycles. The van der Waals surface area contributed by atoms with Gasteiger partial charge < -0.3 is 10.1 Å². The molecule has 1 N–H and O–H groups in total. The Kier molecular flexibility index (Phi) is 4.93. The van der Waals surface area contributed by atoms with Gasteiger partial charge in [-0.1, -0.05) is 18.2 Å². The van der Waals surface area contributed by atoms with Crippen LogP contribution in [0.2, 0.25) is 0 Å². The van der Waals surface area contributed by atoms with Gasteiger partial charge in [0, 0.05) is 0 Å². The lowest BCUT2D eigenvalue weighted by molar-refractivity contribution is -0.0504. The minimum atomic E-state index is -2.75. The Balaban J connectivity index is 1.91. The van der Waals surface area contributed by atoms with Crippen LogP contribution in [0.3, 0.4) is 0 Å². The second-order valence-corrected chi connectivity index (χ2v) is 4.72. The highest BCUT2D eigenvalue weighted by atomic mass is 19.3. The number of piperidine rings is 1. The van der Waals surface area contributed by atoms with Crippen LogP contribution < -0.4 is 10.1 Å². The monoisotopic (exact) mass is 255 g/mol. The average Bonchev–Trinajstić information content (AvgIpc) is 2.38. The highest BCUT2D eigenvalue weighted by molar-refractivity contribution is 5.33. The van der Waals surface area contributed by atoms with Crippen LogP contribution in [0, 0.1) is 5.92 Å². The summed E-state index contributed by atoms with van der Waals surface area (Å²) in [5.41, 5.74) is 0.885. The first kappa shape index (κ1) is 13.3. The molecular weight excluding hydrogens is 236 g/mol. The Morgan fingerprint density at radius 3 is 2.67 bits per heavy atom. The number of rotatable bonds is 5. The topological polar surface area (TPSA) is 21.3 Å². The smallest absolute Gasteiger partial charge is 0.387 e. The van der Waals surface area contributed by atoms with Crippen molar-refractivity contribution >= 4 is 0 Å². The van der Waals surface area contributed by atoms with Crippen LogP contribution in [-0.4, -0.2) is 19.7 Å². The number of ether oxygens (including phenoxy) is 1. The van der Waals surface area contributed by atoms with E-state index in [-0.39, 0.29) is 0 Å². The van der Waals surface area contributed by atoms with Crippen molar-refractivity contribution in [1.82, 2.24) is 5.32 Å². The maximum atomic E-state index is 12.3. The van der Waals surface area contributed by atoms with E-state index in [0.29, 0.717) is 11.7 Å². The van der Waals surface area contributed by atoms with E-state index in [1.807, 2.05) is 12.1 Å². The van der Waals surface area contributed by atoms with Crippen LogP contribution in [0.5, 0.6) is 5.75 Å². The number of aryl methyl sites for hydroxylation is 1. The first-order chi connectivity index (χ1) is 8.75. The van der Waals surface area contributed by atoms with Crippen molar-refractivity contribution in [2.45, 2.75) is 32.3 Å². The molecule has 0 unspecified atom stereocenters. The van der Waals surface area contributed by atoms with Crippen LogP contribution in [-0.2, 0) is 6.42 Å². The maximum absolute atomic E-state index is 12.3. The zero-order valence-electron chi connectivity index (χ0n) is 10.4. The fourth-order valence-electron chi connectivity index (χ4n) is 2.45. The number of hydrogen-bond acceptors (Lipinski definition) is 2. The van der Waals surface area contributed by atoms with Crippen molar-refractivity contribution in [1.29, 1.82) is 0 Å². The molecule has 2 rings (SSSR count). The average molecular weight is 255 g/mol. The number of hydrogen-bond donors (Lipinski definition) is 1. The molecule has 1 aliphatic rings. The molecule has 1 aromatic carbocycles. The van der Waals surface area contributed by atoms with E-state index in [0.717, 1.165) is 31.5 Å². The van der Waals surface area contributed by atoms with E-state index < -0.39 is 6.61 Å². The van der Waals surface area contributed by atoms with E-state index >= 15 is 0 Å². The summed E-state index contributed by atoms with van der Waals surface area (Å²) in [6.07, 6.45) is 4.22. The molecule has 1 heterocycles. The third-order valence-corrected chi connectivity index (χ3v) is 3.47. The van der Waals surface area contributed by atoms with Gasteiger partial charge in [0.2, 0.25) is 0 Å². The molecule has 1 fully saturated rings. The number of halogens is 2. The van der Waals surface area contributed by atoms with Crippen molar-refractivity contribution in [3.05, 3.63) is 29.8 Å². The molecule has 0 saturated carbocycles. The van der Waals surface area contributed by atoms with Crippen molar-refractivity contribution in [3.63, 3.8) is 0 Å². The summed E-state index contributed by atoms with van der Waals surface area (Å²) < 4.78 is 29.1. The lowest BCUT2D eigenvalue weighted by Gasteiger charge is -2.22. The van der Waals surface area contributed by atoms with Gasteiger partial charge in [0.25, 0.3) is 0 Å². The molecule has 100 valence electrons. The maximum Gasteiger partial charge on any atom is 0.387 e. The normalized spacial score (nSPS) is 17.1. The Labute approximate surface area is 106 Å². The standard InChI is InChI=1S/C14H19F2NO/c15-14(16)18-13-4-2-1-3-12(13)6-5-11-7-9-17-10-8-11/h1-4,11,14,17H,5-10H2. The van der Waals surface area contributed by atoms with Gasteiger partial charge in [-0.3, -0.25) is 0 Å². The zero-order chi connectivity index (χ0) is 12.8. The van der Waals surface area contributed by atoms with E-state index in [4.69, 9.17) is 0 Å². The van der Waals surface area contributed by atoms with Gasteiger partial charge in [0.1, 0.15) is 5.75 Å². The lowest BCUT2D eigenvalue weighted by atomic mass is 9.91. The zero-order valence-corrected chi connectivity index (χ0v) is 10.4. The predicted octanol–water partition coefficient (Wildman–Crippen LogP) is 3.22. The molecule has 1 aromatic rings. The van der Waals surface area contributed by atoms with Gasteiger partial charge in [0.15, 0.2) is 0 Å². The van der Waals surface area contributed by atoms with Crippen molar-refractivity contribution < 1.29 is 13.5 Å². The quantitative estimate of drug-likeness (QED) is 0.872. The van der Waals surface area contributed by atoms with Gasteiger partial charge >= 0.3 is 6.61 Å². The Morgan fingerprint density at radius 1 is 1.22 bits per heavy atom. The molecular formula is C14H19F2NO. The van der Waals surface area contributed by atoms with Gasteiger partial charge in [0.05, 0.1) is 0 Å². The summed E-state index contributed by atoms with van der Waals surface area (Å²) in [7, 11) is 0. The Bertz CT molecular complexity index is 365. The number of benzene rings is 1. The van der Waals surface area contributed by atoms with Crippen molar-refractivity contribution in [3.8, 4) is 5.75 Å². The summed E-state index contributed by atoms with van der Waals surface area (Å²) in [5.74, 6) is 1.02. The van der Waals surface area contributed by atoms with E-state index in [2.05, 4.69) is 10.1 Å². The summed E-state index contributed by atoms with van der Waals surface area (Å²) in [6.45, 7) is -0.607. The van der Waals surface area contributed by atoms with Crippen LogP contribution in [0.1, 0.15) is 24.8 Å².